The van der Waals surface area contributed by atoms with Crippen LogP contribution in [-0.2, 0) is 30.8 Å². The van der Waals surface area contributed by atoms with Crippen LogP contribution in [0, 0.1) is 0 Å². The van der Waals surface area contributed by atoms with E-state index in [2.05, 4.69) is 22.4 Å². The van der Waals surface area contributed by atoms with E-state index < -0.39 is 0 Å². The number of methoxy groups -OCH3 is 1. The molecule has 0 spiro atoms. The van der Waals surface area contributed by atoms with Gasteiger partial charge in [0.15, 0.2) is 11.5 Å². The number of pyridine rings is 1. The molecule has 1 aromatic heterocycles. The first-order chi connectivity index (χ1) is 21.3. The van der Waals surface area contributed by atoms with Crippen LogP contribution in [0.25, 0.3) is 0 Å². The summed E-state index contributed by atoms with van der Waals surface area (Å²) in [5.41, 5.74) is 5.73. The van der Waals surface area contributed by atoms with Gasteiger partial charge in [-0.05, 0) is 60.7 Å². The summed E-state index contributed by atoms with van der Waals surface area (Å²) in [7, 11) is 1.61. The predicted molar refractivity (Wildman–Crippen MR) is 167 cm³/mol. The van der Waals surface area contributed by atoms with Crippen LogP contribution in [0.15, 0.2) is 79.0 Å². The standard InChI is InChI=1S/C35H34N4O5/c1-22(9-10-24-7-5-4-6-8-24)44-32-16-28(13-14-31(32)43-3)39-21-26-12-11-25(15-29(26)35(39)42)19-38-20-27-18-36-33(37-23(2)40)17-30(27)34(38)41/h4-8,11-18,22H,9-10,19-21H2,1-3H3,(H,36,37,40). The zero-order valence-corrected chi connectivity index (χ0v) is 25.0. The molecular weight excluding hydrogens is 556 g/mol. The molecule has 1 atom stereocenters. The van der Waals surface area contributed by atoms with Crippen LogP contribution in [-0.4, -0.2) is 40.8 Å². The normalized spacial score (nSPS) is 14.3. The van der Waals surface area contributed by atoms with Crippen molar-refractivity contribution >= 4 is 29.2 Å². The zero-order valence-electron chi connectivity index (χ0n) is 25.0. The summed E-state index contributed by atoms with van der Waals surface area (Å²) < 4.78 is 11.9. The van der Waals surface area contributed by atoms with E-state index in [9.17, 15) is 14.4 Å². The van der Waals surface area contributed by atoms with Crippen molar-refractivity contribution in [1.29, 1.82) is 0 Å². The fourth-order valence-corrected chi connectivity index (χ4v) is 5.72. The minimum absolute atomic E-state index is 0.0550. The average molecular weight is 591 g/mol. The molecule has 3 heterocycles. The first-order valence-corrected chi connectivity index (χ1v) is 14.7. The van der Waals surface area contributed by atoms with Gasteiger partial charge in [0.25, 0.3) is 11.8 Å². The number of carbonyl (C=O) groups excluding carboxylic acids is 3. The van der Waals surface area contributed by atoms with E-state index >= 15 is 0 Å². The van der Waals surface area contributed by atoms with Crippen LogP contribution in [0.4, 0.5) is 11.5 Å². The minimum atomic E-state index is -0.247. The van der Waals surface area contributed by atoms with Crippen molar-refractivity contribution in [2.24, 2.45) is 0 Å². The Bertz CT molecular complexity index is 1740. The Kier molecular flexibility index (Phi) is 8.02. The Balaban J connectivity index is 1.14. The average Bonchev–Trinajstić information content (AvgIpc) is 3.51. The molecule has 0 saturated heterocycles. The highest BCUT2D eigenvalue weighted by Gasteiger charge is 2.32. The number of hydrogen-bond donors (Lipinski definition) is 1. The van der Waals surface area contributed by atoms with E-state index in [4.69, 9.17) is 9.47 Å². The van der Waals surface area contributed by atoms with Crippen molar-refractivity contribution in [2.75, 3.05) is 17.3 Å². The van der Waals surface area contributed by atoms with Gasteiger partial charge in [0, 0.05) is 54.7 Å². The van der Waals surface area contributed by atoms with E-state index in [1.807, 2.05) is 61.5 Å². The highest BCUT2D eigenvalue weighted by molar-refractivity contribution is 6.10. The highest BCUT2D eigenvalue weighted by Crippen LogP contribution is 2.37. The summed E-state index contributed by atoms with van der Waals surface area (Å²) in [6, 6.07) is 23.3. The molecule has 224 valence electrons. The number of anilines is 2. The number of hydrogen-bond acceptors (Lipinski definition) is 6. The second kappa shape index (κ2) is 12.2. The van der Waals surface area contributed by atoms with Gasteiger partial charge in [-0.3, -0.25) is 14.4 Å². The Labute approximate surface area is 256 Å². The van der Waals surface area contributed by atoms with Gasteiger partial charge in [-0.25, -0.2) is 4.98 Å². The van der Waals surface area contributed by atoms with Gasteiger partial charge in [0.1, 0.15) is 5.82 Å². The van der Waals surface area contributed by atoms with Crippen molar-refractivity contribution in [3.05, 3.63) is 112 Å². The Hall–Kier alpha value is -5.18. The number of nitrogens with zero attached hydrogens (tertiary/aromatic N) is 3. The summed E-state index contributed by atoms with van der Waals surface area (Å²) in [6.07, 6.45) is 3.31. The van der Waals surface area contributed by atoms with Gasteiger partial charge in [0.05, 0.1) is 19.8 Å². The third kappa shape index (κ3) is 5.99. The summed E-state index contributed by atoms with van der Waals surface area (Å²) in [5, 5.41) is 2.62. The number of nitrogens with one attached hydrogen (secondary N) is 1. The molecular formula is C35H34N4O5. The Morgan fingerprint density at radius 1 is 0.909 bits per heavy atom. The van der Waals surface area contributed by atoms with E-state index in [-0.39, 0.29) is 23.8 Å². The number of fused-ring (bicyclic) bond motifs is 2. The van der Waals surface area contributed by atoms with Gasteiger partial charge in [-0.2, -0.15) is 0 Å². The number of aromatic nitrogens is 1. The molecule has 44 heavy (non-hydrogen) atoms. The van der Waals surface area contributed by atoms with Crippen LogP contribution >= 0.6 is 0 Å². The summed E-state index contributed by atoms with van der Waals surface area (Å²) >= 11 is 0. The van der Waals surface area contributed by atoms with Crippen molar-refractivity contribution in [3.63, 3.8) is 0 Å². The first-order valence-electron chi connectivity index (χ1n) is 14.7. The van der Waals surface area contributed by atoms with Crippen LogP contribution < -0.4 is 19.7 Å². The fourth-order valence-electron chi connectivity index (χ4n) is 5.72. The van der Waals surface area contributed by atoms with Gasteiger partial charge >= 0.3 is 0 Å². The van der Waals surface area contributed by atoms with Crippen molar-refractivity contribution in [1.82, 2.24) is 9.88 Å². The number of benzene rings is 3. The van der Waals surface area contributed by atoms with Crippen LogP contribution in [0.5, 0.6) is 11.5 Å². The third-order valence-corrected chi connectivity index (χ3v) is 7.99. The smallest absolute Gasteiger partial charge is 0.258 e. The molecule has 0 radical (unpaired) electrons. The molecule has 9 nitrogen and oxygen atoms in total. The summed E-state index contributed by atoms with van der Waals surface area (Å²) in [4.78, 5) is 45.9. The number of carbonyl (C=O) groups is 3. The van der Waals surface area contributed by atoms with Crippen LogP contribution in [0.1, 0.15) is 63.2 Å². The Morgan fingerprint density at radius 3 is 2.48 bits per heavy atom. The molecule has 6 rings (SSSR count). The second-order valence-electron chi connectivity index (χ2n) is 11.2. The number of amides is 3. The predicted octanol–water partition coefficient (Wildman–Crippen LogP) is 5.77. The molecule has 1 unspecified atom stereocenters. The maximum atomic E-state index is 13.6. The third-order valence-electron chi connectivity index (χ3n) is 7.99. The number of aryl methyl sites for hydroxylation is 1. The molecule has 3 aromatic carbocycles. The summed E-state index contributed by atoms with van der Waals surface area (Å²) in [5.74, 6) is 1.08. The molecule has 3 amide bonds. The first kappa shape index (κ1) is 28.9. The monoisotopic (exact) mass is 590 g/mol. The minimum Gasteiger partial charge on any atom is -0.493 e. The van der Waals surface area contributed by atoms with Gasteiger partial charge in [0.2, 0.25) is 5.91 Å². The Morgan fingerprint density at radius 2 is 1.70 bits per heavy atom. The number of ether oxygens (including phenoxy) is 2. The van der Waals surface area contributed by atoms with Gasteiger partial charge in [-0.1, -0.05) is 42.5 Å². The van der Waals surface area contributed by atoms with E-state index in [0.717, 1.165) is 35.2 Å². The topological polar surface area (TPSA) is 101 Å². The molecule has 0 saturated carbocycles. The molecule has 9 heteroatoms. The van der Waals surface area contributed by atoms with Gasteiger partial charge in [-0.15, -0.1) is 0 Å². The van der Waals surface area contributed by atoms with Crippen LogP contribution in [0.2, 0.25) is 0 Å². The number of rotatable bonds is 10. The molecule has 2 aliphatic heterocycles. The maximum absolute atomic E-state index is 13.6. The van der Waals surface area contributed by atoms with Crippen LogP contribution in [0.3, 0.4) is 0 Å². The lowest BCUT2D eigenvalue weighted by molar-refractivity contribution is -0.114. The molecule has 0 aliphatic carbocycles. The van der Waals surface area contributed by atoms with E-state index in [0.29, 0.717) is 48.1 Å². The molecule has 2 aliphatic rings. The molecule has 0 fully saturated rings. The van der Waals surface area contributed by atoms with Crippen molar-refractivity contribution in [2.45, 2.75) is 52.4 Å². The highest BCUT2D eigenvalue weighted by atomic mass is 16.5. The second-order valence-corrected chi connectivity index (χ2v) is 11.2. The summed E-state index contributed by atoms with van der Waals surface area (Å²) in [6.45, 7) is 4.64. The zero-order chi connectivity index (χ0) is 30.8. The van der Waals surface area contributed by atoms with Crippen molar-refractivity contribution < 1.29 is 23.9 Å². The van der Waals surface area contributed by atoms with E-state index in [1.165, 1.54) is 12.5 Å². The molecule has 4 aromatic rings. The molecule has 0 bridgehead atoms. The SMILES string of the molecule is COc1ccc(N2Cc3ccc(CN4Cc5cnc(NC(C)=O)cc5C4=O)cc3C2=O)cc1OC(C)CCc1ccccc1. The van der Waals surface area contributed by atoms with E-state index in [1.54, 1.807) is 29.2 Å². The largest absolute Gasteiger partial charge is 0.493 e. The van der Waals surface area contributed by atoms with Gasteiger partial charge < -0.3 is 24.6 Å². The fraction of sp³-hybridized carbons (Fsp3) is 0.257. The quantitative estimate of drug-likeness (QED) is 0.252. The lowest BCUT2D eigenvalue weighted by Gasteiger charge is -2.21. The van der Waals surface area contributed by atoms with Crippen molar-refractivity contribution in [3.8, 4) is 11.5 Å². The lowest BCUT2D eigenvalue weighted by Crippen LogP contribution is -2.24. The maximum Gasteiger partial charge on any atom is 0.258 e. The molecule has 1 N–H and O–H groups in total. The lowest BCUT2D eigenvalue weighted by atomic mass is 10.1.